The molecule has 0 saturated heterocycles. The van der Waals surface area contributed by atoms with Crippen LogP contribution >= 0.6 is 0 Å². The van der Waals surface area contributed by atoms with Crippen molar-refractivity contribution in [3.63, 3.8) is 0 Å². The highest BCUT2D eigenvalue weighted by molar-refractivity contribution is 5.70. The van der Waals surface area contributed by atoms with Gasteiger partial charge in [-0.1, -0.05) is 12.1 Å². The first-order chi connectivity index (χ1) is 8.90. The van der Waals surface area contributed by atoms with Gasteiger partial charge in [0.15, 0.2) is 11.5 Å². The Balaban J connectivity index is 1.64. The summed E-state index contributed by atoms with van der Waals surface area (Å²) in [5, 5.41) is 3.25. The molecule has 1 aromatic carbocycles. The highest BCUT2D eigenvalue weighted by Crippen LogP contribution is 2.37. The summed E-state index contributed by atoms with van der Waals surface area (Å²) in [4.78, 5) is 4.57. The SMILES string of the molecule is C1=CC2CC(c3ccc4c(c3)OCO4)C=NC2N1. The smallest absolute Gasteiger partial charge is 0.231 e. The number of fused-ring (bicyclic) bond motifs is 2. The van der Waals surface area contributed by atoms with Gasteiger partial charge in [0.2, 0.25) is 6.79 Å². The van der Waals surface area contributed by atoms with E-state index in [-0.39, 0.29) is 6.17 Å². The van der Waals surface area contributed by atoms with Crippen molar-refractivity contribution in [1.82, 2.24) is 5.32 Å². The molecule has 0 bridgehead atoms. The summed E-state index contributed by atoms with van der Waals surface area (Å²) < 4.78 is 10.8. The Morgan fingerprint density at radius 1 is 1.22 bits per heavy atom. The van der Waals surface area contributed by atoms with Gasteiger partial charge >= 0.3 is 0 Å². The lowest BCUT2D eigenvalue weighted by molar-refractivity contribution is 0.174. The minimum Gasteiger partial charge on any atom is -0.454 e. The zero-order valence-electron chi connectivity index (χ0n) is 9.87. The van der Waals surface area contributed by atoms with E-state index in [2.05, 4.69) is 34.7 Å². The average Bonchev–Trinajstić information content (AvgIpc) is 3.05. The van der Waals surface area contributed by atoms with Gasteiger partial charge in [-0.2, -0.15) is 0 Å². The third-order valence-corrected chi connectivity index (χ3v) is 3.79. The molecule has 0 aliphatic carbocycles. The fourth-order valence-electron chi connectivity index (χ4n) is 2.78. The van der Waals surface area contributed by atoms with Crippen molar-refractivity contribution < 1.29 is 9.47 Å². The van der Waals surface area contributed by atoms with Gasteiger partial charge in [-0.15, -0.1) is 0 Å². The Labute approximate surface area is 105 Å². The van der Waals surface area contributed by atoms with E-state index in [1.807, 2.05) is 12.3 Å². The van der Waals surface area contributed by atoms with Gasteiger partial charge in [-0.25, -0.2) is 0 Å². The van der Waals surface area contributed by atoms with Crippen LogP contribution in [0.4, 0.5) is 0 Å². The van der Waals surface area contributed by atoms with E-state index in [0.29, 0.717) is 18.6 Å². The number of aliphatic imine (C=N–C) groups is 1. The molecule has 0 amide bonds. The van der Waals surface area contributed by atoms with Gasteiger partial charge in [-0.3, -0.25) is 4.99 Å². The van der Waals surface area contributed by atoms with E-state index in [1.54, 1.807) is 0 Å². The highest BCUT2D eigenvalue weighted by Gasteiger charge is 2.29. The molecular formula is C14H14N2O2. The fraction of sp³-hybridized carbons (Fsp3) is 0.357. The maximum atomic E-state index is 5.42. The molecule has 0 fully saturated rings. The summed E-state index contributed by atoms with van der Waals surface area (Å²) in [7, 11) is 0. The highest BCUT2D eigenvalue weighted by atomic mass is 16.7. The number of benzene rings is 1. The summed E-state index contributed by atoms with van der Waals surface area (Å²) >= 11 is 0. The first-order valence-electron chi connectivity index (χ1n) is 6.26. The monoisotopic (exact) mass is 242 g/mol. The largest absolute Gasteiger partial charge is 0.454 e. The van der Waals surface area contributed by atoms with Gasteiger partial charge in [0, 0.05) is 18.1 Å². The molecule has 1 aromatic rings. The third kappa shape index (κ3) is 1.49. The predicted molar refractivity (Wildman–Crippen MR) is 68.0 cm³/mol. The molecule has 0 saturated carbocycles. The van der Waals surface area contributed by atoms with Crippen LogP contribution in [0.25, 0.3) is 0 Å². The van der Waals surface area contributed by atoms with Crippen LogP contribution in [0, 0.1) is 5.92 Å². The number of hydrogen-bond acceptors (Lipinski definition) is 4. The summed E-state index contributed by atoms with van der Waals surface area (Å²) in [5.41, 5.74) is 1.25. The Bertz CT molecular complexity index is 539. The maximum Gasteiger partial charge on any atom is 0.231 e. The Morgan fingerprint density at radius 3 is 3.17 bits per heavy atom. The Hall–Kier alpha value is -1.97. The summed E-state index contributed by atoms with van der Waals surface area (Å²) in [6.45, 7) is 0.328. The minimum absolute atomic E-state index is 0.246. The summed E-state index contributed by atoms with van der Waals surface area (Å²) in [6, 6.07) is 6.17. The van der Waals surface area contributed by atoms with Crippen LogP contribution in [-0.4, -0.2) is 19.2 Å². The lowest BCUT2D eigenvalue weighted by Gasteiger charge is -2.25. The molecule has 0 aromatic heterocycles. The van der Waals surface area contributed by atoms with Crippen molar-refractivity contribution in [2.75, 3.05) is 6.79 Å². The predicted octanol–water partition coefficient (Wildman–Crippen LogP) is 2.03. The molecule has 3 atom stereocenters. The standard InChI is InChI=1S/C14H14N2O2/c1-2-12-13(18-8-17-12)6-9(1)11-5-10-3-4-15-14(10)16-7-11/h1-4,6-7,10-11,14-15H,5,8H2. The molecule has 3 aliphatic rings. The molecule has 3 heterocycles. The molecule has 1 N–H and O–H groups in total. The average molecular weight is 242 g/mol. The van der Waals surface area contributed by atoms with Crippen molar-refractivity contribution >= 4 is 6.21 Å². The normalized spacial score (nSPS) is 31.2. The maximum absolute atomic E-state index is 5.42. The van der Waals surface area contributed by atoms with Crippen LogP contribution in [0.1, 0.15) is 17.9 Å². The second-order valence-electron chi connectivity index (χ2n) is 4.89. The van der Waals surface area contributed by atoms with Gasteiger partial charge in [-0.05, 0) is 30.3 Å². The molecule has 3 unspecified atom stereocenters. The van der Waals surface area contributed by atoms with Crippen LogP contribution in [0.3, 0.4) is 0 Å². The summed E-state index contributed by atoms with van der Waals surface area (Å²) in [6.07, 6.45) is 7.61. The third-order valence-electron chi connectivity index (χ3n) is 3.79. The first-order valence-corrected chi connectivity index (χ1v) is 6.26. The Morgan fingerprint density at radius 2 is 2.17 bits per heavy atom. The van der Waals surface area contributed by atoms with Crippen LogP contribution in [0.15, 0.2) is 35.5 Å². The lowest BCUT2D eigenvalue weighted by Crippen LogP contribution is -2.30. The second kappa shape index (κ2) is 3.77. The van der Waals surface area contributed by atoms with Crippen LogP contribution in [-0.2, 0) is 0 Å². The van der Waals surface area contributed by atoms with E-state index < -0.39 is 0 Å². The number of ether oxygens (including phenoxy) is 2. The molecule has 92 valence electrons. The van der Waals surface area contributed by atoms with Crippen LogP contribution in [0.5, 0.6) is 11.5 Å². The molecular weight excluding hydrogens is 228 g/mol. The Kier molecular flexibility index (Phi) is 2.09. The van der Waals surface area contributed by atoms with E-state index in [0.717, 1.165) is 17.9 Å². The number of nitrogens with one attached hydrogen (secondary N) is 1. The molecule has 4 rings (SSSR count). The molecule has 4 nitrogen and oxygen atoms in total. The van der Waals surface area contributed by atoms with E-state index in [4.69, 9.17) is 9.47 Å². The quantitative estimate of drug-likeness (QED) is 0.819. The minimum atomic E-state index is 0.246. The van der Waals surface area contributed by atoms with Crippen molar-refractivity contribution in [1.29, 1.82) is 0 Å². The lowest BCUT2D eigenvalue weighted by atomic mass is 9.86. The van der Waals surface area contributed by atoms with Gasteiger partial charge in [0.1, 0.15) is 6.17 Å². The molecule has 18 heavy (non-hydrogen) atoms. The zero-order valence-corrected chi connectivity index (χ0v) is 9.87. The fourth-order valence-corrected chi connectivity index (χ4v) is 2.78. The van der Waals surface area contributed by atoms with E-state index in [9.17, 15) is 0 Å². The number of rotatable bonds is 1. The topological polar surface area (TPSA) is 42.9 Å². The van der Waals surface area contributed by atoms with E-state index in [1.165, 1.54) is 5.56 Å². The van der Waals surface area contributed by atoms with Crippen LogP contribution < -0.4 is 14.8 Å². The van der Waals surface area contributed by atoms with Crippen molar-refractivity contribution in [2.45, 2.75) is 18.5 Å². The second-order valence-corrected chi connectivity index (χ2v) is 4.89. The van der Waals surface area contributed by atoms with Gasteiger partial charge in [0.25, 0.3) is 0 Å². The van der Waals surface area contributed by atoms with Gasteiger partial charge in [0.05, 0.1) is 0 Å². The van der Waals surface area contributed by atoms with E-state index >= 15 is 0 Å². The van der Waals surface area contributed by atoms with Crippen LogP contribution in [0.2, 0.25) is 0 Å². The molecule has 0 spiro atoms. The summed E-state index contributed by atoms with van der Waals surface area (Å²) in [5.74, 6) is 2.56. The first kappa shape index (κ1) is 10.00. The number of nitrogens with zero attached hydrogens (tertiary/aromatic N) is 1. The molecule has 0 radical (unpaired) electrons. The van der Waals surface area contributed by atoms with Crippen molar-refractivity contribution in [2.24, 2.45) is 10.9 Å². The zero-order chi connectivity index (χ0) is 11.9. The van der Waals surface area contributed by atoms with Crippen molar-refractivity contribution in [3.05, 3.63) is 36.0 Å². The molecule has 4 heteroatoms. The van der Waals surface area contributed by atoms with Crippen molar-refractivity contribution in [3.8, 4) is 11.5 Å². The van der Waals surface area contributed by atoms with Gasteiger partial charge < -0.3 is 14.8 Å². The number of hydrogen-bond donors (Lipinski definition) is 1. The molecule has 3 aliphatic heterocycles.